The lowest BCUT2D eigenvalue weighted by molar-refractivity contribution is -0.137. The zero-order valence-corrected chi connectivity index (χ0v) is 17.6. The maximum atomic E-state index is 12.8. The molecule has 0 fully saturated rings. The molecule has 0 aliphatic heterocycles. The first-order valence-corrected chi connectivity index (χ1v) is 9.41. The Labute approximate surface area is 184 Å². The number of ether oxygens (including phenoxy) is 1. The molecule has 0 spiro atoms. The minimum atomic E-state index is -4.55. The average Bonchev–Trinajstić information content (AvgIpc) is 3.10. The van der Waals surface area contributed by atoms with Crippen LogP contribution in [-0.2, 0) is 10.9 Å². The molecule has 3 rings (SSSR count). The van der Waals surface area contributed by atoms with Gasteiger partial charge in [-0.1, -0.05) is 0 Å². The van der Waals surface area contributed by atoms with Crippen molar-refractivity contribution in [3.63, 3.8) is 0 Å². The molecule has 2 N–H and O–H groups in total. The maximum absolute atomic E-state index is 12.8. The molecule has 1 amide bonds. The summed E-state index contributed by atoms with van der Waals surface area (Å²) in [6, 6.07) is 7.55. The standard InChI is InChI=1S/C21H18F3N5O4/c1-11(26-27-18(30)13-4-6-14(7-5-13)20(32)33-3)17-12(2)28-29(19(17)31)16-9-8-15(10-25-16)21(22,23)24/h4-10,28H,1-3H3,(H,27,30)/b26-11-. The fourth-order valence-corrected chi connectivity index (χ4v) is 2.95. The van der Waals surface area contributed by atoms with E-state index >= 15 is 0 Å². The van der Waals surface area contributed by atoms with Gasteiger partial charge in [-0.05, 0) is 50.2 Å². The number of benzene rings is 1. The van der Waals surface area contributed by atoms with Crippen LogP contribution in [0.2, 0.25) is 0 Å². The van der Waals surface area contributed by atoms with Crippen LogP contribution in [-0.4, -0.2) is 39.5 Å². The monoisotopic (exact) mass is 461 g/mol. The zero-order chi connectivity index (χ0) is 24.3. The third-order valence-electron chi connectivity index (χ3n) is 4.63. The molecule has 0 bridgehead atoms. The van der Waals surface area contributed by atoms with Crippen LogP contribution in [0.3, 0.4) is 0 Å². The zero-order valence-electron chi connectivity index (χ0n) is 17.6. The van der Waals surface area contributed by atoms with Crippen LogP contribution in [0.15, 0.2) is 52.5 Å². The third kappa shape index (κ3) is 5.00. The van der Waals surface area contributed by atoms with Gasteiger partial charge in [-0.2, -0.15) is 18.3 Å². The molecule has 0 radical (unpaired) electrons. The molecular weight excluding hydrogens is 443 g/mol. The fraction of sp³-hybridized carbons (Fsp3) is 0.190. The summed E-state index contributed by atoms with van der Waals surface area (Å²) >= 11 is 0. The highest BCUT2D eigenvalue weighted by Gasteiger charge is 2.31. The first-order valence-electron chi connectivity index (χ1n) is 9.41. The number of carbonyl (C=O) groups is 2. The van der Waals surface area contributed by atoms with Crippen LogP contribution in [0, 0.1) is 6.92 Å². The number of aryl methyl sites for hydroxylation is 1. The number of nitrogens with zero attached hydrogens (tertiary/aromatic N) is 3. The van der Waals surface area contributed by atoms with Crippen LogP contribution in [0.1, 0.15) is 44.5 Å². The molecule has 0 aliphatic rings. The predicted octanol–water partition coefficient (Wildman–Crippen LogP) is 2.83. The number of rotatable bonds is 5. The number of aromatic amines is 1. The summed E-state index contributed by atoms with van der Waals surface area (Å²) in [4.78, 5) is 40.3. The molecule has 9 nitrogen and oxygen atoms in total. The van der Waals surface area contributed by atoms with Crippen molar-refractivity contribution in [1.82, 2.24) is 20.2 Å². The van der Waals surface area contributed by atoms with Crippen LogP contribution in [0.25, 0.3) is 5.82 Å². The molecule has 0 saturated heterocycles. The van der Waals surface area contributed by atoms with E-state index in [2.05, 4.69) is 25.3 Å². The van der Waals surface area contributed by atoms with Crippen molar-refractivity contribution < 1.29 is 27.5 Å². The minimum Gasteiger partial charge on any atom is -0.465 e. The summed E-state index contributed by atoms with van der Waals surface area (Å²) in [6.07, 6.45) is -3.92. The van der Waals surface area contributed by atoms with Gasteiger partial charge in [0.05, 0.1) is 29.5 Å². The van der Waals surface area contributed by atoms with E-state index in [4.69, 9.17) is 0 Å². The van der Waals surface area contributed by atoms with E-state index in [9.17, 15) is 27.6 Å². The van der Waals surface area contributed by atoms with Gasteiger partial charge >= 0.3 is 12.1 Å². The van der Waals surface area contributed by atoms with E-state index in [1.54, 1.807) is 6.92 Å². The summed E-state index contributed by atoms with van der Waals surface area (Å²) < 4.78 is 43.8. The number of hydrazone groups is 1. The number of pyridine rings is 1. The van der Waals surface area contributed by atoms with Crippen molar-refractivity contribution in [3.05, 3.63) is 80.9 Å². The van der Waals surface area contributed by atoms with Crippen molar-refractivity contribution >= 4 is 17.6 Å². The van der Waals surface area contributed by atoms with Crippen molar-refractivity contribution in [2.45, 2.75) is 20.0 Å². The van der Waals surface area contributed by atoms with Gasteiger partial charge < -0.3 is 4.74 Å². The first-order chi connectivity index (χ1) is 15.5. The second-order valence-electron chi connectivity index (χ2n) is 6.86. The van der Waals surface area contributed by atoms with Gasteiger partial charge in [-0.15, -0.1) is 0 Å². The van der Waals surface area contributed by atoms with Crippen LogP contribution in [0.5, 0.6) is 0 Å². The van der Waals surface area contributed by atoms with Crippen molar-refractivity contribution in [2.24, 2.45) is 5.10 Å². The molecule has 33 heavy (non-hydrogen) atoms. The molecule has 12 heteroatoms. The number of aromatic nitrogens is 3. The molecule has 2 heterocycles. The number of halogens is 3. The van der Waals surface area contributed by atoms with Gasteiger partial charge in [-0.3, -0.25) is 14.7 Å². The van der Waals surface area contributed by atoms with Gasteiger partial charge in [0, 0.05) is 17.5 Å². The van der Waals surface area contributed by atoms with Gasteiger partial charge in [0.2, 0.25) is 0 Å². The molecule has 2 aromatic heterocycles. The molecule has 0 saturated carbocycles. The highest BCUT2D eigenvalue weighted by Crippen LogP contribution is 2.28. The summed E-state index contributed by atoms with van der Waals surface area (Å²) in [5, 5.41) is 6.68. The topological polar surface area (TPSA) is 118 Å². The Balaban J connectivity index is 1.81. The van der Waals surface area contributed by atoms with Crippen LogP contribution in [0.4, 0.5) is 13.2 Å². The Morgan fingerprint density at radius 2 is 1.76 bits per heavy atom. The Morgan fingerprint density at radius 3 is 2.30 bits per heavy atom. The molecule has 0 unspecified atom stereocenters. The SMILES string of the molecule is COC(=O)c1ccc(C(=O)N/N=C(/C)c2c(C)[nH]n(-c3ccc(C(F)(F)F)cn3)c2=O)cc1. The lowest BCUT2D eigenvalue weighted by Crippen LogP contribution is -2.24. The van der Waals surface area contributed by atoms with E-state index in [1.807, 2.05) is 0 Å². The number of nitrogens with one attached hydrogen (secondary N) is 2. The summed E-state index contributed by atoms with van der Waals surface area (Å²) in [5.41, 5.74) is 1.93. The van der Waals surface area contributed by atoms with E-state index in [0.29, 0.717) is 11.9 Å². The van der Waals surface area contributed by atoms with Gasteiger partial charge in [-0.25, -0.2) is 19.9 Å². The number of methoxy groups -OCH3 is 1. The predicted molar refractivity (Wildman–Crippen MR) is 111 cm³/mol. The van der Waals surface area contributed by atoms with E-state index in [-0.39, 0.29) is 28.2 Å². The second kappa shape index (κ2) is 9.10. The number of alkyl halides is 3. The Morgan fingerprint density at radius 1 is 1.12 bits per heavy atom. The average molecular weight is 461 g/mol. The van der Waals surface area contributed by atoms with Crippen molar-refractivity contribution in [1.29, 1.82) is 0 Å². The summed E-state index contributed by atoms with van der Waals surface area (Å²) in [7, 11) is 1.24. The van der Waals surface area contributed by atoms with E-state index < -0.39 is 29.2 Å². The van der Waals surface area contributed by atoms with Gasteiger partial charge in [0.15, 0.2) is 5.82 Å². The minimum absolute atomic E-state index is 0.0371. The fourth-order valence-electron chi connectivity index (χ4n) is 2.95. The smallest absolute Gasteiger partial charge is 0.417 e. The number of H-pyrrole nitrogens is 1. The quantitative estimate of drug-likeness (QED) is 0.344. The largest absolute Gasteiger partial charge is 0.465 e. The molecule has 0 aliphatic carbocycles. The highest BCUT2D eigenvalue weighted by atomic mass is 19.4. The molecule has 1 aromatic carbocycles. The van der Waals surface area contributed by atoms with Crippen molar-refractivity contribution in [2.75, 3.05) is 7.11 Å². The van der Waals surface area contributed by atoms with Gasteiger partial charge in [0.25, 0.3) is 11.5 Å². The van der Waals surface area contributed by atoms with E-state index in [0.717, 1.165) is 16.8 Å². The third-order valence-corrected chi connectivity index (χ3v) is 4.63. The number of hydrogen-bond acceptors (Lipinski definition) is 6. The van der Waals surface area contributed by atoms with Crippen molar-refractivity contribution in [3.8, 4) is 5.82 Å². The summed E-state index contributed by atoms with van der Waals surface area (Å²) in [6.45, 7) is 3.06. The van der Waals surface area contributed by atoms with Crippen LogP contribution >= 0.6 is 0 Å². The van der Waals surface area contributed by atoms with Crippen LogP contribution < -0.4 is 11.0 Å². The lowest BCUT2D eigenvalue weighted by Gasteiger charge is -2.06. The molecule has 172 valence electrons. The van der Waals surface area contributed by atoms with E-state index in [1.165, 1.54) is 38.3 Å². The molecule has 0 atom stereocenters. The number of carbonyl (C=O) groups excluding carboxylic acids is 2. The lowest BCUT2D eigenvalue weighted by atomic mass is 10.1. The maximum Gasteiger partial charge on any atom is 0.417 e. The Kier molecular flexibility index (Phi) is 6.47. The molecule has 3 aromatic rings. The molecular formula is C21H18F3N5O4. The van der Waals surface area contributed by atoms with Gasteiger partial charge in [0.1, 0.15) is 0 Å². The Bertz CT molecular complexity index is 1270. The highest BCUT2D eigenvalue weighted by molar-refractivity contribution is 6.01. The number of amides is 1. The normalized spacial score (nSPS) is 11.9. The number of esters is 1. The second-order valence-corrected chi connectivity index (χ2v) is 6.86. The Hall–Kier alpha value is -4.22. The number of hydrogen-bond donors (Lipinski definition) is 2. The first kappa shape index (κ1) is 23.4. The summed E-state index contributed by atoms with van der Waals surface area (Å²) in [5.74, 6) is -1.16.